The highest BCUT2D eigenvalue weighted by Gasteiger charge is 2.34. The van der Waals surface area contributed by atoms with Gasteiger partial charge in [0, 0.05) is 5.75 Å². The third-order valence-corrected chi connectivity index (χ3v) is 4.28. The highest BCUT2D eigenvalue weighted by atomic mass is 32.1. The smallest absolute Gasteiger partial charge is 0.328 e. The van der Waals surface area contributed by atoms with E-state index in [0.717, 1.165) is 0 Å². The van der Waals surface area contributed by atoms with Crippen molar-refractivity contribution in [1.82, 2.24) is 16.0 Å². The molecular formula is C16H30N4O7S. The van der Waals surface area contributed by atoms with E-state index in [0.29, 0.717) is 0 Å². The molecular weight excluding hydrogens is 392 g/mol. The van der Waals surface area contributed by atoms with Gasteiger partial charge >= 0.3 is 5.97 Å². The number of nitrogens with two attached hydrogens (primary N) is 1. The molecule has 0 spiro atoms. The van der Waals surface area contributed by atoms with Crippen molar-refractivity contribution in [2.75, 3.05) is 5.75 Å². The molecule has 0 rings (SSSR count). The number of hydrogen-bond acceptors (Lipinski definition) is 8. The predicted molar refractivity (Wildman–Crippen MR) is 103 cm³/mol. The number of rotatable bonds is 11. The van der Waals surface area contributed by atoms with Crippen molar-refractivity contribution in [2.24, 2.45) is 11.7 Å². The Kier molecular flexibility index (Phi) is 11.0. The fourth-order valence-corrected chi connectivity index (χ4v) is 2.32. The molecule has 0 radical (unpaired) electrons. The standard InChI is InChI=1S/C16H30N4O7S/c1-6(2)10(18-13(23)9(17)5-28)14(24)19-11(7(3)21)15(25)20-12(8(4)22)16(26)27/h6-12,21-22,28H,5,17H2,1-4H3,(H,18,23)(H,19,24)(H,20,25)(H,26,27). The second-order valence-corrected chi connectivity index (χ2v) is 7.18. The quantitative estimate of drug-likeness (QED) is 0.164. The molecule has 11 nitrogen and oxygen atoms in total. The first-order chi connectivity index (χ1) is 12.8. The van der Waals surface area contributed by atoms with Crippen molar-refractivity contribution in [1.29, 1.82) is 0 Å². The summed E-state index contributed by atoms with van der Waals surface area (Å²) in [5.41, 5.74) is 5.57. The highest BCUT2D eigenvalue weighted by molar-refractivity contribution is 7.80. The lowest BCUT2D eigenvalue weighted by atomic mass is 10.0. The van der Waals surface area contributed by atoms with Gasteiger partial charge in [0.15, 0.2) is 6.04 Å². The number of aliphatic hydroxyl groups excluding tert-OH is 2. The molecule has 12 heteroatoms. The van der Waals surface area contributed by atoms with Crippen molar-refractivity contribution >= 4 is 36.3 Å². The van der Waals surface area contributed by atoms with Gasteiger partial charge in [-0.05, 0) is 19.8 Å². The maximum atomic E-state index is 12.6. The molecule has 0 bridgehead atoms. The van der Waals surface area contributed by atoms with Gasteiger partial charge in [-0.3, -0.25) is 14.4 Å². The van der Waals surface area contributed by atoms with Gasteiger partial charge in [0.25, 0.3) is 0 Å². The second kappa shape index (κ2) is 11.8. The van der Waals surface area contributed by atoms with Crippen LogP contribution in [-0.2, 0) is 19.2 Å². The Morgan fingerprint density at radius 1 is 0.821 bits per heavy atom. The number of amides is 3. The van der Waals surface area contributed by atoms with Crippen molar-refractivity contribution in [3.8, 4) is 0 Å². The lowest BCUT2D eigenvalue weighted by molar-refractivity contribution is -0.146. The molecule has 162 valence electrons. The van der Waals surface area contributed by atoms with Gasteiger partial charge in [0.1, 0.15) is 12.1 Å². The van der Waals surface area contributed by atoms with Crippen LogP contribution < -0.4 is 21.7 Å². The molecule has 0 aromatic rings. The molecule has 0 saturated carbocycles. The van der Waals surface area contributed by atoms with E-state index in [1.807, 2.05) is 0 Å². The van der Waals surface area contributed by atoms with Crippen LogP contribution in [0.3, 0.4) is 0 Å². The zero-order chi connectivity index (χ0) is 22.2. The van der Waals surface area contributed by atoms with E-state index in [2.05, 4.69) is 28.6 Å². The van der Waals surface area contributed by atoms with Crippen LogP contribution in [0, 0.1) is 5.92 Å². The number of hydrogen-bond donors (Lipinski definition) is 8. The average molecular weight is 423 g/mol. The molecule has 0 aromatic heterocycles. The molecule has 28 heavy (non-hydrogen) atoms. The molecule has 3 amide bonds. The van der Waals surface area contributed by atoms with Crippen molar-refractivity contribution in [3.63, 3.8) is 0 Å². The van der Waals surface area contributed by atoms with Gasteiger partial charge in [0.05, 0.1) is 18.2 Å². The zero-order valence-corrected chi connectivity index (χ0v) is 17.1. The summed E-state index contributed by atoms with van der Waals surface area (Å²) in [6, 6.07) is -5.13. The minimum atomic E-state index is -1.63. The molecule has 8 N–H and O–H groups in total. The van der Waals surface area contributed by atoms with Crippen LogP contribution in [0.1, 0.15) is 27.7 Å². The van der Waals surface area contributed by atoms with Gasteiger partial charge < -0.3 is 37.0 Å². The van der Waals surface area contributed by atoms with Crippen molar-refractivity contribution < 1.29 is 34.5 Å². The van der Waals surface area contributed by atoms with Gasteiger partial charge in [-0.1, -0.05) is 13.8 Å². The molecule has 0 fully saturated rings. The number of nitrogens with one attached hydrogen (secondary N) is 3. The van der Waals surface area contributed by atoms with Crippen LogP contribution in [0.4, 0.5) is 0 Å². The maximum absolute atomic E-state index is 12.6. The molecule has 0 aliphatic heterocycles. The zero-order valence-electron chi connectivity index (χ0n) is 16.2. The van der Waals surface area contributed by atoms with Gasteiger partial charge in [-0.2, -0.15) is 12.6 Å². The summed E-state index contributed by atoms with van der Waals surface area (Å²) < 4.78 is 0. The molecule has 0 saturated heterocycles. The molecule has 0 aromatic carbocycles. The lowest BCUT2D eigenvalue weighted by Crippen LogP contribution is -2.61. The van der Waals surface area contributed by atoms with Crippen LogP contribution in [0.15, 0.2) is 0 Å². The number of aliphatic carboxylic acids is 1. The Balaban J connectivity index is 5.32. The first-order valence-corrected chi connectivity index (χ1v) is 9.33. The van der Waals surface area contributed by atoms with E-state index in [1.54, 1.807) is 13.8 Å². The average Bonchev–Trinajstić information content (AvgIpc) is 2.59. The van der Waals surface area contributed by atoms with Crippen LogP contribution in [0.25, 0.3) is 0 Å². The summed E-state index contributed by atoms with van der Waals surface area (Å²) in [6.07, 6.45) is -2.78. The number of carboxylic acids is 1. The Morgan fingerprint density at radius 3 is 1.57 bits per heavy atom. The largest absolute Gasteiger partial charge is 0.480 e. The van der Waals surface area contributed by atoms with E-state index in [1.165, 1.54) is 13.8 Å². The van der Waals surface area contributed by atoms with Crippen LogP contribution >= 0.6 is 12.6 Å². The number of carboxylic acid groups (broad SMARTS) is 1. The van der Waals surface area contributed by atoms with E-state index in [-0.39, 0.29) is 11.7 Å². The van der Waals surface area contributed by atoms with Crippen LogP contribution in [0.2, 0.25) is 0 Å². The Labute approximate surface area is 168 Å². The lowest BCUT2D eigenvalue weighted by Gasteiger charge is -2.28. The third-order valence-electron chi connectivity index (χ3n) is 3.89. The molecule has 6 unspecified atom stereocenters. The van der Waals surface area contributed by atoms with Crippen LogP contribution in [-0.4, -0.2) is 81.1 Å². The Bertz CT molecular complexity index is 571. The fourth-order valence-electron chi connectivity index (χ4n) is 2.16. The summed E-state index contributed by atoms with van der Waals surface area (Å²) in [5, 5.41) is 35.2. The minimum Gasteiger partial charge on any atom is -0.480 e. The van der Waals surface area contributed by atoms with E-state index < -0.39 is 60.1 Å². The van der Waals surface area contributed by atoms with Gasteiger partial charge in [-0.15, -0.1) is 0 Å². The summed E-state index contributed by atoms with van der Waals surface area (Å²) in [7, 11) is 0. The first kappa shape index (κ1) is 26.1. The monoisotopic (exact) mass is 422 g/mol. The van der Waals surface area contributed by atoms with E-state index in [9.17, 15) is 29.4 Å². The Morgan fingerprint density at radius 2 is 1.21 bits per heavy atom. The second-order valence-electron chi connectivity index (χ2n) is 6.81. The van der Waals surface area contributed by atoms with Crippen molar-refractivity contribution in [2.45, 2.75) is 64.1 Å². The summed E-state index contributed by atoms with van der Waals surface area (Å²) in [6.45, 7) is 5.71. The van der Waals surface area contributed by atoms with Gasteiger partial charge in [0.2, 0.25) is 17.7 Å². The normalized spacial score (nSPS) is 17.6. The fraction of sp³-hybridized carbons (Fsp3) is 0.750. The Hall–Kier alpha value is -1.89. The molecule has 0 heterocycles. The van der Waals surface area contributed by atoms with Crippen molar-refractivity contribution in [3.05, 3.63) is 0 Å². The van der Waals surface area contributed by atoms with E-state index in [4.69, 9.17) is 10.8 Å². The first-order valence-electron chi connectivity index (χ1n) is 8.69. The van der Waals surface area contributed by atoms with Gasteiger partial charge in [-0.25, -0.2) is 4.79 Å². The molecule has 6 atom stereocenters. The predicted octanol–water partition coefficient (Wildman–Crippen LogP) is -2.80. The summed E-state index contributed by atoms with van der Waals surface area (Å²) in [4.78, 5) is 48.0. The molecule has 0 aliphatic carbocycles. The minimum absolute atomic E-state index is 0.0624. The number of aliphatic hydroxyl groups is 2. The topological polar surface area (TPSA) is 191 Å². The summed E-state index contributed by atoms with van der Waals surface area (Å²) >= 11 is 3.91. The third kappa shape index (κ3) is 8.00. The highest BCUT2D eigenvalue weighted by Crippen LogP contribution is 2.05. The number of carbonyl (C=O) groups is 4. The van der Waals surface area contributed by atoms with Crippen LogP contribution in [0.5, 0.6) is 0 Å². The van der Waals surface area contributed by atoms with E-state index >= 15 is 0 Å². The SMILES string of the molecule is CC(C)C(NC(=O)C(N)CS)C(=O)NC(C(=O)NC(C(=O)O)C(C)O)C(C)O. The maximum Gasteiger partial charge on any atom is 0.328 e. The number of carbonyl (C=O) groups excluding carboxylic acids is 3. The molecule has 0 aliphatic rings. The summed E-state index contributed by atoms with van der Waals surface area (Å²) in [5.74, 6) is -4.17. The number of thiol groups is 1.